The molecular formula is C17H28N2O. The predicted molar refractivity (Wildman–Crippen MR) is 81.6 cm³/mol. The Hall–Kier alpha value is -0.800. The summed E-state index contributed by atoms with van der Waals surface area (Å²) in [6, 6.07) is 3.69. The van der Waals surface area contributed by atoms with Gasteiger partial charge in [-0.1, -0.05) is 6.92 Å². The van der Waals surface area contributed by atoms with Crippen molar-refractivity contribution in [3.8, 4) is 0 Å². The molecule has 2 heterocycles. The van der Waals surface area contributed by atoms with Gasteiger partial charge in [0.15, 0.2) is 0 Å². The second kappa shape index (κ2) is 5.90. The molecule has 2 unspecified atom stereocenters. The SMILES string of the molecule is Cc1oc(CNC2CC2)cc1CN1CCCC(C)C1C. The van der Waals surface area contributed by atoms with Crippen molar-refractivity contribution in [3.05, 3.63) is 23.2 Å². The first-order chi connectivity index (χ1) is 9.63. The van der Waals surface area contributed by atoms with Crippen LogP contribution in [0.4, 0.5) is 0 Å². The topological polar surface area (TPSA) is 28.4 Å². The highest BCUT2D eigenvalue weighted by Crippen LogP contribution is 2.26. The Morgan fingerprint density at radius 1 is 1.30 bits per heavy atom. The van der Waals surface area contributed by atoms with E-state index in [0.717, 1.165) is 36.6 Å². The molecule has 1 saturated heterocycles. The molecule has 3 rings (SSSR count). The van der Waals surface area contributed by atoms with Crippen LogP contribution in [0.5, 0.6) is 0 Å². The molecule has 1 aliphatic heterocycles. The van der Waals surface area contributed by atoms with E-state index in [4.69, 9.17) is 4.42 Å². The second-order valence-electron chi connectivity index (χ2n) is 6.78. The lowest BCUT2D eigenvalue weighted by atomic mass is 9.92. The molecule has 1 saturated carbocycles. The van der Waals surface area contributed by atoms with Gasteiger partial charge in [-0.25, -0.2) is 0 Å². The third kappa shape index (κ3) is 3.26. The van der Waals surface area contributed by atoms with E-state index < -0.39 is 0 Å². The minimum atomic E-state index is 0.686. The first-order valence-corrected chi connectivity index (χ1v) is 8.19. The van der Waals surface area contributed by atoms with Crippen LogP contribution in [-0.2, 0) is 13.1 Å². The number of rotatable bonds is 5. The van der Waals surface area contributed by atoms with Crippen molar-refractivity contribution in [2.45, 2.75) is 71.6 Å². The molecule has 20 heavy (non-hydrogen) atoms. The van der Waals surface area contributed by atoms with Gasteiger partial charge in [-0.3, -0.25) is 4.90 Å². The third-order valence-electron chi connectivity index (χ3n) is 5.09. The minimum Gasteiger partial charge on any atom is -0.465 e. The summed E-state index contributed by atoms with van der Waals surface area (Å²) in [5.41, 5.74) is 1.37. The summed E-state index contributed by atoms with van der Waals surface area (Å²) < 4.78 is 5.91. The Labute approximate surface area is 122 Å². The molecule has 0 radical (unpaired) electrons. The fraction of sp³-hybridized carbons (Fsp3) is 0.765. The van der Waals surface area contributed by atoms with Crippen molar-refractivity contribution < 1.29 is 4.42 Å². The fourth-order valence-corrected chi connectivity index (χ4v) is 3.23. The van der Waals surface area contributed by atoms with Gasteiger partial charge in [0.2, 0.25) is 0 Å². The Balaban J connectivity index is 1.60. The zero-order valence-electron chi connectivity index (χ0n) is 13.1. The van der Waals surface area contributed by atoms with E-state index in [0.29, 0.717) is 6.04 Å². The largest absolute Gasteiger partial charge is 0.465 e. The predicted octanol–water partition coefficient (Wildman–Crippen LogP) is 3.46. The van der Waals surface area contributed by atoms with Gasteiger partial charge in [0.25, 0.3) is 0 Å². The fourth-order valence-electron chi connectivity index (χ4n) is 3.23. The van der Waals surface area contributed by atoms with Crippen molar-refractivity contribution in [2.24, 2.45) is 5.92 Å². The molecule has 3 heteroatoms. The van der Waals surface area contributed by atoms with Gasteiger partial charge in [-0.05, 0) is 58.1 Å². The van der Waals surface area contributed by atoms with E-state index in [2.05, 4.69) is 37.1 Å². The number of piperidine rings is 1. The summed E-state index contributed by atoms with van der Waals surface area (Å²) >= 11 is 0. The van der Waals surface area contributed by atoms with Crippen LogP contribution in [0.3, 0.4) is 0 Å². The van der Waals surface area contributed by atoms with E-state index in [1.54, 1.807) is 0 Å². The summed E-state index contributed by atoms with van der Waals surface area (Å²) in [7, 11) is 0. The second-order valence-corrected chi connectivity index (χ2v) is 6.78. The Kier molecular flexibility index (Phi) is 4.18. The molecule has 0 bridgehead atoms. The van der Waals surface area contributed by atoms with Crippen LogP contribution >= 0.6 is 0 Å². The molecule has 1 aromatic rings. The van der Waals surface area contributed by atoms with Gasteiger partial charge in [0.05, 0.1) is 6.54 Å². The van der Waals surface area contributed by atoms with Gasteiger partial charge in [0.1, 0.15) is 11.5 Å². The summed E-state index contributed by atoms with van der Waals surface area (Å²) in [6.07, 6.45) is 5.36. The molecule has 3 nitrogen and oxygen atoms in total. The zero-order valence-corrected chi connectivity index (χ0v) is 13.1. The maximum atomic E-state index is 5.91. The molecule has 2 atom stereocenters. The first kappa shape index (κ1) is 14.2. The standard InChI is InChI=1S/C17H28N2O/c1-12-5-4-8-19(13(12)2)11-15-9-17(20-14(15)3)10-18-16-6-7-16/h9,12-13,16,18H,4-8,10-11H2,1-3H3. The lowest BCUT2D eigenvalue weighted by Crippen LogP contribution is -2.41. The van der Waals surface area contributed by atoms with E-state index in [1.165, 1.54) is 37.8 Å². The summed E-state index contributed by atoms with van der Waals surface area (Å²) in [4.78, 5) is 2.62. The summed E-state index contributed by atoms with van der Waals surface area (Å²) in [5, 5.41) is 3.53. The molecule has 1 N–H and O–H groups in total. The lowest BCUT2D eigenvalue weighted by molar-refractivity contribution is 0.106. The zero-order chi connectivity index (χ0) is 14.1. The van der Waals surface area contributed by atoms with Crippen LogP contribution < -0.4 is 5.32 Å². The quantitative estimate of drug-likeness (QED) is 0.892. The Morgan fingerprint density at radius 2 is 2.10 bits per heavy atom. The number of aryl methyl sites for hydroxylation is 1. The van der Waals surface area contributed by atoms with E-state index in [9.17, 15) is 0 Å². The molecular weight excluding hydrogens is 248 g/mol. The monoisotopic (exact) mass is 276 g/mol. The van der Waals surface area contributed by atoms with Crippen LogP contribution in [0.15, 0.2) is 10.5 Å². The van der Waals surface area contributed by atoms with Crippen LogP contribution in [-0.4, -0.2) is 23.5 Å². The molecule has 112 valence electrons. The number of nitrogens with one attached hydrogen (secondary N) is 1. The van der Waals surface area contributed by atoms with Crippen molar-refractivity contribution in [1.82, 2.24) is 10.2 Å². The normalized spacial score (nSPS) is 27.9. The van der Waals surface area contributed by atoms with E-state index >= 15 is 0 Å². The molecule has 1 aromatic heterocycles. The van der Waals surface area contributed by atoms with E-state index in [1.807, 2.05) is 0 Å². The summed E-state index contributed by atoms with van der Waals surface area (Å²) in [6.45, 7) is 10.0. The number of furan rings is 1. The number of likely N-dealkylation sites (tertiary alicyclic amines) is 1. The highest BCUT2D eigenvalue weighted by molar-refractivity contribution is 5.21. The minimum absolute atomic E-state index is 0.686. The number of hydrogen-bond acceptors (Lipinski definition) is 3. The van der Waals surface area contributed by atoms with Gasteiger partial charge in [-0.2, -0.15) is 0 Å². The van der Waals surface area contributed by atoms with Crippen LogP contribution in [0.1, 0.15) is 56.6 Å². The molecule has 2 aliphatic rings. The average molecular weight is 276 g/mol. The van der Waals surface area contributed by atoms with Crippen LogP contribution in [0.2, 0.25) is 0 Å². The third-order valence-corrected chi connectivity index (χ3v) is 5.09. The van der Waals surface area contributed by atoms with Gasteiger partial charge >= 0.3 is 0 Å². The number of nitrogens with zero attached hydrogens (tertiary/aromatic N) is 1. The van der Waals surface area contributed by atoms with Crippen molar-refractivity contribution >= 4 is 0 Å². The number of hydrogen-bond donors (Lipinski definition) is 1. The van der Waals surface area contributed by atoms with Gasteiger partial charge < -0.3 is 9.73 Å². The summed E-state index contributed by atoms with van der Waals surface area (Å²) in [5.74, 6) is 3.01. The van der Waals surface area contributed by atoms with Gasteiger partial charge in [-0.15, -0.1) is 0 Å². The Morgan fingerprint density at radius 3 is 2.85 bits per heavy atom. The highest BCUT2D eigenvalue weighted by atomic mass is 16.3. The van der Waals surface area contributed by atoms with E-state index in [-0.39, 0.29) is 0 Å². The van der Waals surface area contributed by atoms with Crippen molar-refractivity contribution in [1.29, 1.82) is 0 Å². The molecule has 2 fully saturated rings. The molecule has 0 amide bonds. The maximum Gasteiger partial charge on any atom is 0.118 e. The smallest absolute Gasteiger partial charge is 0.118 e. The van der Waals surface area contributed by atoms with Crippen LogP contribution in [0, 0.1) is 12.8 Å². The molecule has 1 aliphatic carbocycles. The Bertz CT molecular complexity index is 450. The first-order valence-electron chi connectivity index (χ1n) is 8.19. The lowest BCUT2D eigenvalue weighted by Gasteiger charge is -2.37. The average Bonchev–Trinajstić information content (AvgIpc) is 3.18. The molecule has 0 aromatic carbocycles. The van der Waals surface area contributed by atoms with Crippen molar-refractivity contribution in [3.63, 3.8) is 0 Å². The highest BCUT2D eigenvalue weighted by Gasteiger charge is 2.26. The van der Waals surface area contributed by atoms with Crippen LogP contribution in [0.25, 0.3) is 0 Å². The van der Waals surface area contributed by atoms with Gasteiger partial charge in [0, 0.05) is 24.2 Å². The molecule has 0 spiro atoms. The van der Waals surface area contributed by atoms with Crippen molar-refractivity contribution in [2.75, 3.05) is 6.54 Å². The maximum absolute atomic E-state index is 5.91.